The van der Waals surface area contributed by atoms with Crippen LogP contribution in [-0.2, 0) is 4.79 Å². The molecule has 1 fully saturated rings. The number of carbonyl (C=O) groups excluding carboxylic acids is 1. The van der Waals surface area contributed by atoms with E-state index < -0.39 is 0 Å². The van der Waals surface area contributed by atoms with E-state index in [1.54, 1.807) is 0 Å². The van der Waals surface area contributed by atoms with Gasteiger partial charge in [-0.3, -0.25) is 4.79 Å². The summed E-state index contributed by atoms with van der Waals surface area (Å²) in [6.07, 6.45) is 3.27. The summed E-state index contributed by atoms with van der Waals surface area (Å²) in [4.78, 5) is 12.9. The SMILES string of the molecule is CC(C)C[C@H]([NH2+][C@H](C(=O)NC1CC1)c1ccccc1)c1ccccc1. The van der Waals surface area contributed by atoms with Crippen LogP contribution in [0, 0.1) is 5.92 Å². The molecule has 1 saturated carbocycles. The molecule has 3 nitrogen and oxygen atoms in total. The molecule has 0 unspecified atom stereocenters. The van der Waals surface area contributed by atoms with Gasteiger partial charge in [0.05, 0.1) is 0 Å². The lowest BCUT2D eigenvalue weighted by atomic mass is 9.95. The van der Waals surface area contributed by atoms with E-state index in [9.17, 15) is 4.79 Å². The Bertz CT molecular complexity index is 665. The van der Waals surface area contributed by atoms with Crippen LogP contribution in [0.1, 0.15) is 56.3 Å². The van der Waals surface area contributed by atoms with Crippen LogP contribution in [0.3, 0.4) is 0 Å². The van der Waals surface area contributed by atoms with Crippen LogP contribution in [0.5, 0.6) is 0 Å². The molecule has 1 aliphatic carbocycles. The Hall–Kier alpha value is -2.13. The molecule has 0 spiro atoms. The zero-order valence-electron chi connectivity index (χ0n) is 15.2. The van der Waals surface area contributed by atoms with Gasteiger partial charge in [-0.15, -0.1) is 0 Å². The fraction of sp³-hybridized carbons (Fsp3) is 0.409. The van der Waals surface area contributed by atoms with Gasteiger partial charge < -0.3 is 10.6 Å². The Kier molecular flexibility index (Phi) is 5.87. The highest BCUT2D eigenvalue weighted by molar-refractivity contribution is 5.82. The van der Waals surface area contributed by atoms with Gasteiger partial charge in [0, 0.05) is 23.6 Å². The number of nitrogens with one attached hydrogen (secondary N) is 1. The lowest BCUT2D eigenvalue weighted by Gasteiger charge is -2.24. The molecule has 2 aromatic rings. The number of amides is 1. The first kappa shape index (κ1) is 17.7. The molecule has 0 saturated heterocycles. The Morgan fingerprint density at radius 3 is 2.08 bits per heavy atom. The highest BCUT2D eigenvalue weighted by atomic mass is 16.2. The summed E-state index contributed by atoms with van der Waals surface area (Å²) in [6.45, 7) is 4.48. The molecule has 132 valence electrons. The molecular formula is C22H29N2O+. The average molecular weight is 337 g/mol. The molecule has 2 atom stereocenters. The van der Waals surface area contributed by atoms with E-state index in [2.05, 4.69) is 60.9 Å². The van der Waals surface area contributed by atoms with Gasteiger partial charge in [0.1, 0.15) is 6.04 Å². The van der Waals surface area contributed by atoms with Crippen molar-refractivity contribution in [3.63, 3.8) is 0 Å². The highest BCUT2D eigenvalue weighted by Crippen LogP contribution is 2.22. The van der Waals surface area contributed by atoms with Crippen molar-refractivity contribution in [2.45, 2.75) is 51.2 Å². The monoisotopic (exact) mass is 337 g/mol. The predicted molar refractivity (Wildman–Crippen MR) is 101 cm³/mol. The fourth-order valence-electron chi connectivity index (χ4n) is 3.30. The van der Waals surface area contributed by atoms with Crippen molar-refractivity contribution in [1.82, 2.24) is 5.32 Å². The molecule has 1 aliphatic rings. The van der Waals surface area contributed by atoms with Crippen molar-refractivity contribution >= 4 is 5.91 Å². The third-order valence-corrected chi connectivity index (χ3v) is 4.74. The van der Waals surface area contributed by atoms with Crippen molar-refractivity contribution in [3.05, 3.63) is 71.8 Å². The standard InChI is InChI=1S/C22H28N2O/c1-16(2)15-20(17-9-5-3-6-10-17)24-21(18-11-7-4-8-12-18)22(25)23-19-13-14-19/h3-12,16,19-21,24H,13-15H2,1-2H3,(H,23,25)/p+1/t20-,21-/m0/s1. The maximum atomic E-state index is 12.9. The number of quaternary nitrogens is 1. The second-order valence-electron chi connectivity index (χ2n) is 7.51. The first-order chi connectivity index (χ1) is 12.1. The van der Waals surface area contributed by atoms with Gasteiger partial charge in [-0.25, -0.2) is 0 Å². The van der Waals surface area contributed by atoms with Crippen LogP contribution in [0.25, 0.3) is 0 Å². The van der Waals surface area contributed by atoms with E-state index in [1.165, 1.54) is 5.56 Å². The molecule has 0 radical (unpaired) electrons. The van der Waals surface area contributed by atoms with Crippen LogP contribution in [0.2, 0.25) is 0 Å². The maximum absolute atomic E-state index is 12.9. The van der Waals surface area contributed by atoms with Crippen LogP contribution < -0.4 is 10.6 Å². The van der Waals surface area contributed by atoms with E-state index in [0.29, 0.717) is 12.0 Å². The second kappa shape index (κ2) is 8.30. The molecule has 3 rings (SSSR count). The molecule has 0 aromatic heterocycles. The molecule has 0 aliphatic heterocycles. The topological polar surface area (TPSA) is 45.7 Å². The maximum Gasteiger partial charge on any atom is 0.283 e. The summed E-state index contributed by atoms with van der Waals surface area (Å²) in [5, 5.41) is 5.44. The number of benzene rings is 2. The summed E-state index contributed by atoms with van der Waals surface area (Å²) < 4.78 is 0. The Morgan fingerprint density at radius 2 is 1.56 bits per heavy atom. The van der Waals surface area contributed by atoms with Crippen LogP contribution in [0.15, 0.2) is 60.7 Å². The smallest absolute Gasteiger partial charge is 0.283 e. The number of nitrogens with two attached hydrogens (primary N) is 1. The van der Waals surface area contributed by atoms with Gasteiger partial charge >= 0.3 is 0 Å². The molecule has 25 heavy (non-hydrogen) atoms. The molecule has 3 heteroatoms. The van der Waals surface area contributed by atoms with Crippen molar-refractivity contribution in [2.24, 2.45) is 5.92 Å². The first-order valence-corrected chi connectivity index (χ1v) is 9.38. The molecule has 1 amide bonds. The summed E-state index contributed by atoms with van der Waals surface area (Å²) in [7, 11) is 0. The van der Waals surface area contributed by atoms with Crippen molar-refractivity contribution in [1.29, 1.82) is 0 Å². The molecule has 2 aromatic carbocycles. The zero-order valence-corrected chi connectivity index (χ0v) is 15.2. The molecule has 0 bridgehead atoms. The van der Waals surface area contributed by atoms with Gasteiger partial charge in [0.25, 0.3) is 5.91 Å². The van der Waals surface area contributed by atoms with Crippen LogP contribution >= 0.6 is 0 Å². The Labute approximate surface area is 150 Å². The van der Waals surface area contributed by atoms with Gasteiger partial charge in [-0.1, -0.05) is 74.5 Å². The minimum atomic E-state index is -0.203. The van der Waals surface area contributed by atoms with Gasteiger partial charge in [0.2, 0.25) is 0 Å². The predicted octanol–water partition coefficient (Wildman–Crippen LogP) is 3.36. The van der Waals surface area contributed by atoms with Crippen molar-refractivity contribution < 1.29 is 10.1 Å². The van der Waals surface area contributed by atoms with E-state index in [0.717, 1.165) is 24.8 Å². The first-order valence-electron chi connectivity index (χ1n) is 9.38. The van der Waals surface area contributed by atoms with Gasteiger partial charge in [-0.05, 0) is 18.8 Å². The lowest BCUT2D eigenvalue weighted by molar-refractivity contribution is -0.723. The van der Waals surface area contributed by atoms with E-state index in [4.69, 9.17) is 0 Å². The lowest BCUT2D eigenvalue weighted by Crippen LogP contribution is -2.88. The second-order valence-corrected chi connectivity index (χ2v) is 7.51. The van der Waals surface area contributed by atoms with Gasteiger partial charge in [-0.2, -0.15) is 0 Å². The number of carbonyl (C=O) groups is 1. The summed E-state index contributed by atoms with van der Waals surface area (Å²) in [6, 6.07) is 21.2. The quantitative estimate of drug-likeness (QED) is 0.762. The number of rotatable bonds is 8. The number of hydrogen-bond acceptors (Lipinski definition) is 1. The molecule has 0 heterocycles. The third kappa shape index (κ3) is 5.17. The van der Waals surface area contributed by atoms with Gasteiger partial charge in [0.15, 0.2) is 6.04 Å². The molecular weight excluding hydrogens is 308 g/mol. The minimum Gasteiger partial charge on any atom is -0.348 e. The average Bonchev–Trinajstić information content (AvgIpc) is 3.43. The third-order valence-electron chi connectivity index (χ3n) is 4.74. The largest absolute Gasteiger partial charge is 0.348 e. The zero-order chi connectivity index (χ0) is 17.6. The molecule has 3 N–H and O–H groups in total. The Balaban J connectivity index is 1.84. The minimum absolute atomic E-state index is 0.137. The van der Waals surface area contributed by atoms with E-state index >= 15 is 0 Å². The highest BCUT2D eigenvalue weighted by Gasteiger charge is 2.33. The normalized spacial score (nSPS) is 16.4. The Morgan fingerprint density at radius 1 is 1.00 bits per heavy atom. The van der Waals surface area contributed by atoms with E-state index in [-0.39, 0.29) is 18.0 Å². The summed E-state index contributed by atoms with van der Waals surface area (Å²) in [5.41, 5.74) is 2.36. The fourth-order valence-corrected chi connectivity index (χ4v) is 3.30. The summed E-state index contributed by atoms with van der Waals surface area (Å²) >= 11 is 0. The van der Waals surface area contributed by atoms with Crippen LogP contribution in [-0.4, -0.2) is 11.9 Å². The van der Waals surface area contributed by atoms with Crippen molar-refractivity contribution in [3.8, 4) is 0 Å². The van der Waals surface area contributed by atoms with Crippen molar-refractivity contribution in [2.75, 3.05) is 0 Å². The van der Waals surface area contributed by atoms with E-state index in [1.807, 2.05) is 24.3 Å². The number of hydrogen-bond donors (Lipinski definition) is 2. The summed E-state index contributed by atoms with van der Waals surface area (Å²) in [5.74, 6) is 0.711. The van der Waals surface area contributed by atoms with Crippen LogP contribution in [0.4, 0.5) is 0 Å².